The highest BCUT2D eigenvalue weighted by Crippen LogP contribution is 2.22. The maximum atomic E-state index is 3.46. The molecule has 0 spiro atoms. The Bertz CT molecular complexity index is 311. The Morgan fingerprint density at radius 1 is 1.19 bits per heavy atom. The number of nitrogens with one attached hydrogen (secondary N) is 1. The van der Waals surface area contributed by atoms with E-state index in [1.54, 1.807) is 0 Å². The van der Waals surface area contributed by atoms with E-state index in [0.717, 1.165) is 11.9 Å². The lowest BCUT2D eigenvalue weighted by Gasteiger charge is -2.19. The predicted molar refractivity (Wildman–Crippen MR) is 75.2 cm³/mol. The number of benzene rings is 1. The van der Waals surface area contributed by atoms with Crippen LogP contribution in [0.25, 0.3) is 0 Å². The number of hydrogen-bond acceptors (Lipinski definition) is 1. The van der Waals surface area contributed by atoms with Crippen LogP contribution in [-0.4, -0.2) is 11.4 Å². The summed E-state index contributed by atoms with van der Waals surface area (Å²) in [6.45, 7) is 9.85. The summed E-state index contributed by atoms with van der Waals surface area (Å²) in [5.74, 6) is 0. The van der Waals surface area contributed by atoms with Gasteiger partial charge in [-0.2, -0.15) is 0 Å². The SMILES string of the molecule is CC(CBr)NCc1ccc(C(C)(C)C)cc1. The largest absolute Gasteiger partial charge is 0.309 e. The number of halogens is 1. The lowest BCUT2D eigenvalue weighted by atomic mass is 9.87. The molecule has 0 saturated heterocycles. The molecule has 1 rings (SSSR count). The molecule has 16 heavy (non-hydrogen) atoms. The predicted octanol–water partition coefficient (Wildman–Crippen LogP) is 3.86. The molecule has 1 unspecified atom stereocenters. The quantitative estimate of drug-likeness (QED) is 0.828. The van der Waals surface area contributed by atoms with Gasteiger partial charge in [0.15, 0.2) is 0 Å². The molecule has 1 aromatic rings. The van der Waals surface area contributed by atoms with Crippen molar-refractivity contribution >= 4 is 15.9 Å². The zero-order valence-corrected chi connectivity index (χ0v) is 12.3. The molecular weight excluding hydrogens is 262 g/mol. The van der Waals surface area contributed by atoms with Gasteiger partial charge in [-0.25, -0.2) is 0 Å². The van der Waals surface area contributed by atoms with Crippen molar-refractivity contribution in [2.75, 3.05) is 5.33 Å². The summed E-state index contributed by atoms with van der Waals surface area (Å²) in [5, 5.41) is 4.45. The molecule has 0 radical (unpaired) electrons. The third kappa shape index (κ3) is 4.26. The zero-order valence-electron chi connectivity index (χ0n) is 10.7. The van der Waals surface area contributed by atoms with E-state index >= 15 is 0 Å². The van der Waals surface area contributed by atoms with Gasteiger partial charge in [-0.15, -0.1) is 0 Å². The topological polar surface area (TPSA) is 12.0 Å². The van der Waals surface area contributed by atoms with Gasteiger partial charge in [-0.1, -0.05) is 61.0 Å². The Balaban J connectivity index is 2.58. The average Bonchev–Trinajstić information content (AvgIpc) is 2.25. The molecule has 0 heterocycles. The van der Waals surface area contributed by atoms with Crippen LogP contribution in [0, 0.1) is 0 Å². The van der Waals surface area contributed by atoms with E-state index in [1.807, 2.05) is 0 Å². The van der Waals surface area contributed by atoms with Crippen molar-refractivity contribution in [2.45, 2.75) is 45.7 Å². The number of rotatable bonds is 4. The van der Waals surface area contributed by atoms with Crippen LogP contribution in [0.3, 0.4) is 0 Å². The number of alkyl halides is 1. The van der Waals surface area contributed by atoms with Gasteiger partial charge in [0, 0.05) is 17.9 Å². The normalized spacial score (nSPS) is 13.8. The Labute approximate surface area is 108 Å². The van der Waals surface area contributed by atoms with E-state index in [2.05, 4.69) is 73.2 Å². The highest BCUT2D eigenvalue weighted by atomic mass is 79.9. The molecule has 0 amide bonds. The van der Waals surface area contributed by atoms with Crippen LogP contribution in [0.4, 0.5) is 0 Å². The van der Waals surface area contributed by atoms with Gasteiger partial charge in [0.25, 0.3) is 0 Å². The maximum Gasteiger partial charge on any atom is 0.0208 e. The van der Waals surface area contributed by atoms with Gasteiger partial charge in [0.2, 0.25) is 0 Å². The molecule has 1 nitrogen and oxygen atoms in total. The minimum Gasteiger partial charge on any atom is -0.309 e. The zero-order chi connectivity index (χ0) is 12.2. The fourth-order valence-electron chi connectivity index (χ4n) is 1.47. The highest BCUT2D eigenvalue weighted by molar-refractivity contribution is 9.09. The highest BCUT2D eigenvalue weighted by Gasteiger charge is 2.12. The fraction of sp³-hybridized carbons (Fsp3) is 0.571. The van der Waals surface area contributed by atoms with Gasteiger partial charge in [0.1, 0.15) is 0 Å². The van der Waals surface area contributed by atoms with Crippen molar-refractivity contribution in [2.24, 2.45) is 0 Å². The van der Waals surface area contributed by atoms with E-state index in [9.17, 15) is 0 Å². The van der Waals surface area contributed by atoms with Crippen LogP contribution < -0.4 is 5.32 Å². The Morgan fingerprint density at radius 2 is 1.75 bits per heavy atom. The van der Waals surface area contributed by atoms with E-state index in [-0.39, 0.29) is 5.41 Å². The van der Waals surface area contributed by atoms with Crippen molar-refractivity contribution in [1.29, 1.82) is 0 Å². The monoisotopic (exact) mass is 283 g/mol. The van der Waals surface area contributed by atoms with Gasteiger partial charge >= 0.3 is 0 Å². The standard InChI is InChI=1S/C14H22BrN/c1-11(9-15)16-10-12-5-7-13(8-6-12)14(2,3)4/h5-8,11,16H,9-10H2,1-4H3. The second-order valence-electron chi connectivity index (χ2n) is 5.38. The van der Waals surface area contributed by atoms with E-state index in [0.29, 0.717) is 6.04 Å². The first-order valence-electron chi connectivity index (χ1n) is 5.82. The minimum absolute atomic E-state index is 0.245. The van der Waals surface area contributed by atoms with Gasteiger partial charge in [0.05, 0.1) is 0 Å². The summed E-state index contributed by atoms with van der Waals surface area (Å²) in [7, 11) is 0. The average molecular weight is 284 g/mol. The van der Waals surface area contributed by atoms with Gasteiger partial charge in [-0.05, 0) is 23.5 Å². The van der Waals surface area contributed by atoms with Crippen LogP contribution in [0.2, 0.25) is 0 Å². The molecule has 2 heteroatoms. The Morgan fingerprint density at radius 3 is 2.19 bits per heavy atom. The summed E-state index contributed by atoms with van der Waals surface area (Å²) >= 11 is 3.46. The van der Waals surface area contributed by atoms with Crippen LogP contribution in [0.1, 0.15) is 38.8 Å². The molecule has 0 bridgehead atoms. The lowest BCUT2D eigenvalue weighted by Crippen LogP contribution is -2.26. The molecule has 1 N–H and O–H groups in total. The smallest absolute Gasteiger partial charge is 0.0208 e. The second kappa shape index (κ2) is 5.83. The lowest BCUT2D eigenvalue weighted by molar-refractivity contribution is 0.585. The third-order valence-corrected chi connectivity index (χ3v) is 3.68. The first-order valence-corrected chi connectivity index (χ1v) is 6.94. The minimum atomic E-state index is 0.245. The van der Waals surface area contributed by atoms with Crippen LogP contribution in [0.5, 0.6) is 0 Å². The first-order chi connectivity index (χ1) is 7.43. The molecule has 0 aliphatic heterocycles. The van der Waals surface area contributed by atoms with Crippen LogP contribution in [0.15, 0.2) is 24.3 Å². The molecule has 0 aliphatic rings. The fourth-order valence-corrected chi connectivity index (χ4v) is 1.70. The first kappa shape index (κ1) is 13.7. The van der Waals surface area contributed by atoms with Crippen molar-refractivity contribution in [3.8, 4) is 0 Å². The number of hydrogen-bond donors (Lipinski definition) is 1. The summed E-state index contributed by atoms with van der Waals surface area (Å²) in [6.07, 6.45) is 0. The van der Waals surface area contributed by atoms with Gasteiger partial charge in [-0.3, -0.25) is 0 Å². The molecule has 0 saturated carbocycles. The van der Waals surface area contributed by atoms with Crippen molar-refractivity contribution in [3.05, 3.63) is 35.4 Å². The molecule has 0 fully saturated rings. The van der Waals surface area contributed by atoms with Crippen molar-refractivity contribution < 1.29 is 0 Å². The summed E-state index contributed by atoms with van der Waals surface area (Å²) in [5.41, 5.74) is 2.99. The maximum absolute atomic E-state index is 3.46. The molecule has 90 valence electrons. The van der Waals surface area contributed by atoms with Crippen molar-refractivity contribution in [1.82, 2.24) is 5.32 Å². The van der Waals surface area contributed by atoms with E-state index < -0.39 is 0 Å². The summed E-state index contributed by atoms with van der Waals surface area (Å²) in [4.78, 5) is 0. The Hall–Kier alpha value is -0.340. The van der Waals surface area contributed by atoms with Crippen LogP contribution in [-0.2, 0) is 12.0 Å². The third-order valence-electron chi connectivity index (χ3n) is 2.71. The molecule has 0 aromatic heterocycles. The molecule has 1 atom stereocenters. The second-order valence-corrected chi connectivity index (χ2v) is 6.03. The molecular formula is C14H22BrN. The van der Waals surface area contributed by atoms with Gasteiger partial charge < -0.3 is 5.32 Å². The van der Waals surface area contributed by atoms with Crippen LogP contribution >= 0.6 is 15.9 Å². The van der Waals surface area contributed by atoms with Crippen molar-refractivity contribution in [3.63, 3.8) is 0 Å². The van der Waals surface area contributed by atoms with E-state index in [1.165, 1.54) is 11.1 Å². The summed E-state index contributed by atoms with van der Waals surface area (Å²) < 4.78 is 0. The molecule has 1 aromatic carbocycles. The molecule has 0 aliphatic carbocycles. The van der Waals surface area contributed by atoms with E-state index in [4.69, 9.17) is 0 Å². The Kier molecular flexibility index (Phi) is 5.00. The summed E-state index contributed by atoms with van der Waals surface area (Å²) in [6, 6.07) is 9.41.